The van der Waals surface area contributed by atoms with Crippen molar-refractivity contribution in [3.63, 3.8) is 0 Å². The van der Waals surface area contributed by atoms with E-state index in [9.17, 15) is 14.0 Å². The molecule has 0 aromatic heterocycles. The first-order chi connectivity index (χ1) is 13.6. The van der Waals surface area contributed by atoms with Gasteiger partial charge in [0.15, 0.2) is 0 Å². The van der Waals surface area contributed by atoms with Crippen LogP contribution in [0.3, 0.4) is 0 Å². The molecule has 5 nitrogen and oxygen atoms in total. The average molecular weight is 377 g/mol. The maximum atomic E-state index is 12.9. The van der Waals surface area contributed by atoms with Crippen molar-refractivity contribution in [1.82, 2.24) is 5.32 Å². The average Bonchev–Trinajstić information content (AvgIpc) is 2.73. The molecule has 0 fully saturated rings. The molecule has 0 spiro atoms. The van der Waals surface area contributed by atoms with Gasteiger partial charge in [0.1, 0.15) is 5.82 Å². The summed E-state index contributed by atoms with van der Waals surface area (Å²) >= 11 is 0. The first-order valence-electron chi connectivity index (χ1n) is 8.81. The van der Waals surface area contributed by atoms with Gasteiger partial charge in [-0.25, -0.2) is 4.39 Å². The second-order valence-corrected chi connectivity index (χ2v) is 6.15. The van der Waals surface area contributed by atoms with Gasteiger partial charge < -0.3 is 16.0 Å². The first-order valence-corrected chi connectivity index (χ1v) is 8.81. The van der Waals surface area contributed by atoms with Crippen LogP contribution in [-0.4, -0.2) is 18.4 Å². The van der Waals surface area contributed by atoms with Crippen molar-refractivity contribution in [3.8, 4) is 0 Å². The monoisotopic (exact) mass is 377 g/mol. The number of carbonyl (C=O) groups excluding carboxylic acids is 2. The van der Waals surface area contributed by atoms with Gasteiger partial charge in [0, 0.05) is 23.5 Å². The maximum Gasteiger partial charge on any atom is 0.251 e. The minimum Gasteiger partial charge on any atom is -0.376 e. The third-order valence-corrected chi connectivity index (χ3v) is 4.02. The van der Waals surface area contributed by atoms with E-state index in [1.165, 1.54) is 12.1 Å². The Morgan fingerprint density at radius 1 is 0.786 bits per heavy atom. The third kappa shape index (κ3) is 5.67. The van der Waals surface area contributed by atoms with E-state index < -0.39 is 0 Å². The zero-order chi connectivity index (χ0) is 19.8. The number of hydrogen-bond acceptors (Lipinski definition) is 3. The topological polar surface area (TPSA) is 70.2 Å². The van der Waals surface area contributed by atoms with Crippen LogP contribution in [0, 0.1) is 5.82 Å². The van der Waals surface area contributed by atoms with Gasteiger partial charge >= 0.3 is 0 Å². The molecule has 0 aliphatic heterocycles. The van der Waals surface area contributed by atoms with Crippen LogP contribution in [0.25, 0.3) is 0 Å². The molecule has 3 aromatic carbocycles. The predicted molar refractivity (Wildman–Crippen MR) is 108 cm³/mol. The molecule has 0 atom stereocenters. The van der Waals surface area contributed by atoms with Crippen molar-refractivity contribution >= 4 is 23.2 Å². The van der Waals surface area contributed by atoms with Gasteiger partial charge in [0.2, 0.25) is 5.91 Å². The molecule has 0 aliphatic rings. The molecule has 3 rings (SSSR count). The summed E-state index contributed by atoms with van der Waals surface area (Å²) in [7, 11) is 0. The van der Waals surface area contributed by atoms with Crippen molar-refractivity contribution < 1.29 is 14.0 Å². The van der Waals surface area contributed by atoms with E-state index in [1.54, 1.807) is 36.4 Å². The molecule has 0 aliphatic carbocycles. The minimum absolute atomic E-state index is 0.0466. The summed E-state index contributed by atoms with van der Waals surface area (Å²) in [5.41, 5.74) is 2.78. The second-order valence-electron chi connectivity index (χ2n) is 6.15. The van der Waals surface area contributed by atoms with Crippen LogP contribution in [0.2, 0.25) is 0 Å². The van der Waals surface area contributed by atoms with Gasteiger partial charge in [-0.05, 0) is 54.1 Å². The minimum atomic E-state index is -0.331. The number of amides is 2. The number of halogens is 1. The normalized spacial score (nSPS) is 10.2. The summed E-state index contributed by atoms with van der Waals surface area (Å²) in [6.45, 7) is 0.498. The van der Waals surface area contributed by atoms with E-state index in [-0.39, 0.29) is 24.2 Å². The van der Waals surface area contributed by atoms with Gasteiger partial charge in [-0.2, -0.15) is 0 Å². The lowest BCUT2D eigenvalue weighted by atomic mass is 10.1. The van der Waals surface area contributed by atoms with Crippen LogP contribution in [0.15, 0.2) is 78.9 Å². The van der Waals surface area contributed by atoms with Crippen molar-refractivity contribution in [1.29, 1.82) is 0 Å². The highest BCUT2D eigenvalue weighted by atomic mass is 19.1. The molecule has 28 heavy (non-hydrogen) atoms. The number of carbonyl (C=O) groups is 2. The van der Waals surface area contributed by atoms with Gasteiger partial charge in [-0.3, -0.25) is 9.59 Å². The lowest BCUT2D eigenvalue weighted by Crippen LogP contribution is -2.23. The lowest BCUT2D eigenvalue weighted by Gasteiger charge is -2.09. The van der Waals surface area contributed by atoms with Crippen LogP contribution in [0.1, 0.15) is 15.9 Å². The van der Waals surface area contributed by atoms with Gasteiger partial charge in [0.05, 0.1) is 6.54 Å². The number of hydrogen-bond donors (Lipinski definition) is 3. The summed E-state index contributed by atoms with van der Waals surface area (Å²) in [6.07, 6.45) is 0. The predicted octanol–water partition coefficient (Wildman–Crippen LogP) is 3.81. The Kier molecular flexibility index (Phi) is 6.36. The zero-order valence-corrected chi connectivity index (χ0v) is 15.1. The standard InChI is InChI=1S/C22H20FN3O2/c23-18-8-12-19(13-9-18)24-15-21(27)26-20-10-6-17(7-11-20)22(28)25-14-16-4-2-1-3-5-16/h1-13,24H,14-15H2,(H,25,28)(H,26,27). The molecule has 3 N–H and O–H groups in total. The molecule has 0 bridgehead atoms. The summed E-state index contributed by atoms with van der Waals surface area (Å²) in [5, 5.41) is 8.51. The van der Waals surface area contributed by atoms with E-state index in [1.807, 2.05) is 30.3 Å². The van der Waals surface area contributed by atoms with E-state index in [4.69, 9.17) is 0 Å². The highest BCUT2D eigenvalue weighted by Gasteiger charge is 2.07. The number of rotatable bonds is 7. The molecular formula is C22H20FN3O2. The number of nitrogens with one attached hydrogen (secondary N) is 3. The van der Waals surface area contributed by atoms with Crippen LogP contribution in [-0.2, 0) is 11.3 Å². The van der Waals surface area contributed by atoms with Crippen molar-refractivity contribution in [2.45, 2.75) is 6.54 Å². The van der Waals surface area contributed by atoms with E-state index in [0.717, 1.165) is 5.56 Å². The molecule has 6 heteroatoms. The highest BCUT2D eigenvalue weighted by Crippen LogP contribution is 2.11. The van der Waals surface area contributed by atoms with Crippen LogP contribution < -0.4 is 16.0 Å². The smallest absolute Gasteiger partial charge is 0.251 e. The Labute approximate surface area is 162 Å². The number of benzene rings is 3. The SMILES string of the molecule is O=C(CNc1ccc(F)cc1)Nc1ccc(C(=O)NCc2ccccc2)cc1. The largest absolute Gasteiger partial charge is 0.376 e. The lowest BCUT2D eigenvalue weighted by molar-refractivity contribution is -0.114. The van der Waals surface area contributed by atoms with Gasteiger partial charge in [-0.1, -0.05) is 30.3 Å². The molecular weight excluding hydrogens is 357 g/mol. The molecule has 142 valence electrons. The Balaban J connectivity index is 1.47. The van der Waals surface area contributed by atoms with Crippen molar-refractivity contribution in [3.05, 3.63) is 95.8 Å². The van der Waals surface area contributed by atoms with Crippen LogP contribution >= 0.6 is 0 Å². The Morgan fingerprint density at radius 2 is 1.43 bits per heavy atom. The fourth-order valence-corrected chi connectivity index (χ4v) is 2.54. The van der Waals surface area contributed by atoms with Crippen molar-refractivity contribution in [2.75, 3.05) is 17.2 Å². The summed E-state index contributed by atoms with van der Waals surface area (Å²) in [5.74, 6) is -0.756. The zero-order valence-electron chi connectivity index (χ0n) is 15.1. The van der Waals surface area contributed by atoms with Crippen LogP contribution in [0.5, 0.6) is 0 Å². The molecule has 0 radical (unpaired) electrons. The van der Waals surface area contributed by atoms with Crippen LogP contribution in [0.4, 0.5) is 15.8 Å². The number of anilines is 2. The molecule has 0 heterocycles. The molecule has 0 unspecified atom stereocenters. The van der Waals surface area contributed by atoms with E-state index in [2.05, 4.69) is 16.0 Å². The Morgan fingerprint density at radius 3 is 2.11 bits per heavy atom. The molecule has 3 aromatic rings. The molecule has 0 saturated heterocycles. The van der Waals surface area contributed by atoms with Crippen molar-refractivity contribution in [2.24, 2.45) is 0 Å². The first kappa shape index (κ1) is 19.1. The summed E-state index contributed by atoms with van der Waals surface area (Å²) in [4.78, 5) is 24.2. The fourth-order valence-electron chi connectivity index (χ4n) is 2.54. The van der Waals surface area contributed by atoms with Gasteiger partial charge in [-0.15, -0.1) is 0 Å². The van der Waals surface area contributed by atoms with E-state index in [0.29, 0.717) is 23.5 Å². The maximum absolute atomic E-state index is 12.9. The third-order valence-electron chi connectivity index (χ3n) is 4.02. The Bertz CT molecular complexity index is 926. The summed E-state index contributed by atoms with van der Waals surface area (Å²) in [6, 6.07) is 22.1. The van der Waals surface area contributed by atoms with Gasteiger partial charge in [0.25, 0.3) is 5.91 Å². The summed E-state index contributed by atoms with van der Waals surface area (Å²) < 4.78 is 12.9. The molecule has 0 saturated carbocycles. The second kappa shape index (κ2) is 9.32. The fraction of sp³-hybridized carbons (Fsp3) is 0.0909. The highest BCUT2D eigenvalue weighted by molar-refractivity contribution is 5.96. The Hall–Kier alpha value is -3.67. The van der Waals surface area contributed by atoms with E-state index >= 15 is 0 Å². The molecule has 2 amide bonds. The quantitative estimate of drug-likeness (QED) is 0.586.